The molecule has 0 aromatic heterocycles. The molecule has 2 heteroatoms. The van der Waals surface area contributed by atoms with Gasteiger partial charge < -0.3 is 5.32 Å². The predicted octanol–water partition coefficient (Wildman–Crippen LogP) is 4.58. The molecule has 2 atom stereocenters. The Labute approximate surface area is 114 Å². The molecule has 17 heavy (non-hydrogen) atoms. The highest BCUT2D eigenvalue weighted by molar-refractivity contribution is 9.10. The Bertz CT molecular complexity index is 318. The fourth-order valence-corrected chi connectivity index (χ4v) is 2.54. The SMILES string of the molecule is CCCNC(C(C)C)C(C)c1ccc(Br)cc1. The molecule has 1 aromatic carbocycles. The van der Waals surface area contributed by atoms with Crippen LogP contribution in [-0.4, -0.2) is 12.6 Å². The van der Waals surface area contributed by atoms with Crippen LogP contribution in [0.3, 0.4) is 0 Å². The van der Waals surface area contributed by atoms with Crippen molar-refractivity contribution in [2.45, 2.75) is 46.1 Å². The van der Waals surface area contributed by atoms with Gasteiger partial charge in [-0.05, 0) is 42.5 Å². The molecular weight excluding hydrogens is 274 g/mol. The van der Waals surface area contributed by atoms with Gasteiger partial charge in [-0.3, -0.25) is 0 Å². The van der Waals surface area contributed by atoms with Crippen LogP contribution in [0.5, 0.6) is 0 Å². The van der Waals surface area contributed by atoms with E-state index in [9.17, 15) is 0 Å². The normalized spacial score (nSPS) is 14.9. The zero-order valence-electron chi connectivity index (χ0n) is 11.3. The van der Waals surface area contributed by atoms with Crippen LogP contribution in [0.2, 0.25) is 0 Å². The van der Waals surface area contributed by atoms with Crippen LogP contribution in [-0.2, 0) is 0 Å². The van der Waals surface area contributed by atoms with E-state index in [1.54, 1.807) is 0 Å². The molecule has 0 saturated carbocycles. The predicted molar refractivity (Wildman–Crippen MR) is 79.5 cm³/mol. The Hall–Kier alpha value is -0.340. The van der Waals surface area contributed by atoms with Crippen molar-refractivity contribution in [2.75, 3.05) is 6.54 Å². The summed E-state index contributed by atoms with van der Waals surface area (Å²) in [5.74, 6) is 1.20. The smallest absolute Gasteiger partial charge is 0.0175 e. The van der Waals surface area contributed by atoms with Gasteiger partial charge in [0.25, 0.3) is 0 Å². The highest BCUT2D eigenvalue weighted by Gasteiger charge is 2.21. The molecule has 1 aromatic rings. The summed E-state index contributed by atoms with van der Waals surface area (Å²) < 4.78 is 1.15. The lowest BCUT2D eigenvalue weighted by Crippen LogP contribution is -2.38. The van der Waals surface area contributed by atoms with Gasteiger partial charge in [-0.1, -0.05) is 55.8 Å². The van der Waals surface area contributed by atoms with E-state index < -0.39 is 0 Å². The van der Waals surface area contributed by atoms with Crippen molar-refractivity contribution in [2.24, 2.45) is 5.92 Å². The lowest BCUT2D eigenvalue weighted by molar-refractivity contribution is 0.354. The van der Waals surface area contributed by atoms with Crippen LogP contribution in [0.25, 0.3) is 0 Å². The van der Waals surface area contributed by atoms with Gasteiger partial charge in [0.2, 0.25) is 0 Å². The molecular formula is C15H24BrN. The molecule has 0 aliphatic carbocycles. The summed E-state index contributed by atoms with van der Waals surface area (Å²) >= 11 is 3.49. The summed E-state index contributed by atoms with van der Waals surface area (Å²) in [7, 11) is 0. The fourth-order valence-electron chi connectivity index (χ4n) is 2.27. The molecule has 0 bridgehead atoms. The molecule has 1 nitrogen and oxygen atoms in total. The van der Waals surface area contributed by atoms with E-state index in [2.05, 4.69) is 73.2 Å². The van der Waals surface area contributed by atoms with Crippen molar-refractivity contribution in [1.29, 1.82) is 0 Å². The molecule has 0 aliphatic rings. The van der Waals surface area contributed by atoms with Gasteiger partial charge in [-0.2, -0.15) is 0 Å². The molecule has 1 rings (SSSR count). The maximum absolute atomic E-state index is 3.67. The van der Waals surface area contributed by atoms with Gasteiger partial charge in [0.15, 0.2) is 0 Å². The highest BCUT2D eigenvalue weighted by Crippen LogP contribution is 2.25. The van der Waals surface area contributed by atoms with Crippen LogP contribution < -0.4 is 5.32 Å². The van der Waals surface area contributed by atoms with Gasteiger partial charge in [0.1, 0.15) is 0 Å². The molecule has 0 saturated heterocycles. The van der Waals surface area contributed by atoms with Crippen LogP contribution >= 0.6 is 15.9 Å². The second-order valence-corrected chi connectivity index (χ2v) is 5.98. The van der Waals surface area contributed by atoms with E-state index in [0.29, 0.717) is 17.9 Å². The van der Waals surface area contributed by atoms with Crippen molar-refractivity contribution in [1.82, 2.24) is 5.32 Å². The largest absolute Gasteiger partial charge is 0.313 e. The number of benzene rings is 1. The van der Waals surface area contributed by atoms with Crippen LogP contribution in [0.4, 0.5) is 0 Å². The van der Waals surface area contributed by atoms with Gasteiger partial charge in [-0.25, -0.2) is 0 Å². The van der Waals surface area contributed by atoms with Gasteiger partial charge in [0.05, 0.1) is 0 Å². The van der Waals surface area contributed by atoms with Crippen molar-refractivity contribution >= 4 is 15.9 Å². The molecule has 1 N–H and O–H groups in total. The minimum atomic E-state index is 0.551. The third kappa shape index (κ3) is 4.44. The molecule has 0 heterocycles. The van der Waals surface area contributed by atoms with E-state index in [1.165, 1.54) is 12.0 Å². The molecule has 0 radical (unpaired) electrons. The lowest BCUT2D eigenvalue weighted by atomic mass is 9.86. The number of nitrogens with one attached hydrogen (secondary N) is 1. The lowest BCUT2D eigenvalue weighted by Gasteiger charge is -2.29. The standard InChI is InChI=1S/C15H24BrN/c1-5-10-17-15(11(2)3)12(4)13-6-8-14(16)9-7-13/h6-9,11-12,15,17H,5,10H2,1-4H3. The first-order valence-electron chi connectivity index (χ1n) is 6.55. The van der Waals surface area contributed by atoms with E-state index in [4.69, 9.17) is 0 Å². The number of rotatable bonds is 6. The Morgan fingerprint density at radius 3 is 2.18 bits per heavy atom. The molecule has 96 valence electrons. The summed E-state index contributed by atoms with van der Waals surface area (Å²) in [5.41, 5.74) is 1.41. The maximum Gasteiger partial charge on any atom is 0.0175 e. The molecule has 0 aliphatic heterocycles. The van der Waals surface area contributed by atoms with E-state index >= 15 is 0 Å². The van der Waals surface area contributed by atoms with Crippen molar-refractivity contribution < 1.29 is 0 Å². The monoisotopic (exact) mass is 297 g/mol. The van der Waals surface area contributed by atoms with Crippen LogP contribution in [0, 0.1) is 5.92 Å². The second kappa shape index (κ2) is 7.17. The molecule has 0 spiro atoms. The number of hydrogen-bond acceptors (Lipinski definition) is 1. The summed E-state index contributed by atoms with van der Waals surface area (Å²) in [6.45, 7) is 10.2. The third-order valence-corrected chi connectivity index (χ3v) is 3.81. The maximum atomic E-state index is 3.67. The molecule has 0 fully saturated rings. The number of hydrogen-bond donors (Lipinski definition) is 1. The summed E-state index contributed by atoms with van der Waals surface area (Å²) in [6, 6.07) is 9.25. The van der Waals surface area contributed by atoms with E-state index in [0.717, 1.165) is 11.0 Å². The minimum Gasteiger partial charge on any atom is -0.313 e. The average molecular weight is 298 g/mol. The summed E-state index contributed by atoms with van der Waals surface area (Å²) in [4.78, 5) is 0. The summed E-state index contributed by atoms with van der Waals surface area (Å²) in [5, 5.41) is 3.67. The Morgan fingerprint density at radius 1 is 1.12 bits per heavy atom. The van der Waals surface area contributed by atoms with Crippen molar-refractivity contribution in [3.63, 3.8) is 0 Å². The van der Waals surface area contributed by atoms with Gasteiger partial charge in [0, 0.05) is 10.5 Å². The van der Waals surface area contributed by atoms with Gasteiger partial charge in [-0.15, -0.1) is 0 Å². The van der Waals surface area contributed by atoms with Crippen LogP contribution in [0.1, 0.15) is 45.6 Å². The van der Waals surface area contributed by atoms with Crippen LogP contribution in [0.15, 0.2) is 28.7 Å². The first-order chi connectivity index (χ1) is 8.06. The highest BCUT2D eigenvalue weighted by atomic mass is 79.9. The number of halogens is 1. The second-order valence-electron chi connectivity index (χ2n) is 5.06. The zero-order chi connectivity index (χ0) is 12.8. The van der Waals surface area contributed by atoms with Crippen molar-refractivity contribution in [3.05, 3.63) is 34.3 Å². The summed E-state index contributed by atoms with van der Waals surface area (Å²) in [6.07, 6.45) is 1.19. The third-order valence-electron chi connectivity index (χ3n) is 3.28. The first-order valence-corrected chi connectivity index (χ1v) is 7.34. The zero-order valence-corrected chi connectivity index (χ0v) is 12.9. The van der Waals surface area contributed by atoms with Gasteiger partial charge >= 0.3 is 0 Å². The average Bonchev–Trinajstić information content (AvgIpc) is 2.29. The van der Waals surface area contributed by atoms with E-state index in [1.807, 2.05) is 0 Å². The quantitative estimate of drug-likeness (QED) is 0.810. The molecule has 2 unspecified atom stereocenters. The van der Waals surface area contributed by atoms with Crippen molar-refractivity contribution in [3.8, 4) is 0 Å². The Kier molecular flexibility index (Phi) is 6.21. The molecule has 0 amide bonds. The topological polar surface area (TPSA) is 12.0 Å². The fraction of sp³-hybridized carbons (Fsp3) is 0.600. The first kappa shape index (κ1) is 14.7. The van der Waals surface area contributed by atoms with E-state index in [-0.39, 0.29) is 0 Å². The Morgan fingerprint density at radius 2 is 1.71 bits per heavy atom. The Balaban J connectivity index is 2.76. The minimum absolute atomic E-state index is 0.551.